The van der Waals surface area contributed by atoms with Crippen LogP contribution in [0, 0.1) is 0 Å². The van der Waals surface area contributed by atoms with Crippen molar-refractivity contribution in [3.8, 4) is 0 Å². The number of aliphatic hydroxyl groups excluding tert-OH is 2. The van der Waals surface area contributed by atoms with Crippen molar-refractivity contribution >= 4 is 5.97 Å². The van der Waals surface area contributed by atoms with Crippen LogP contribution in [-0.2, 0) is 9.53 Å². The Morgan fingerprint density at radius 1 is 0.923 bits per heavy atom. The van der Waals surface area contributed by atoms with E-state index in [-0.39, 0.29) is 18.7 Å². The molecule has 0 saturated heterocycles. The van der Waals surface area contributed by atoms with E-state index < -0.39 is 0 Å². The summed E-state index contributed by atoms with van der Waals surface area (Å²) in [6.07, 6.45) is 19.3. The highest BCUT2D eigenvalue weighted by molar-refractivity contribution is 5.69. The molecule has 0 radical (unpaired) electrons. The largest absolute Gasteiger partial charge is 0.466 e. The lowest BCUT2D eigenvalue weighted by Gasteiger charge is -2.07. The number of hydrogen-bond donors (Lipinski definition) is 2. The lowest BCUT2D eigenvalue weighted by molar-refractivity contribution is -0.143. The quantitative estimate of drug-likeness (QED) is 0.184. The van der Waals surface area contributed by atoms with Gasteiger partial charge in [0.05, 0.1) is 12.7 Å². The van der Waals surface area contributed by atoms with E-state index in [1.54, 1.807) is 0 Å². The molecule has 0 fully saturated rings. The van der Waals surface area contributed by atoms with E-state index in [1.165, 1.54) is 32.1 Å². The first-order chi connectivity index (χ1) is 12.7. The molecule has 0 aromatic carbocycles. The summed E-state index contributed by atoms with van der Waals surface area (Å²) < 4.78 is 5.09. The van der Waals surface area contributed by atoms with Gasteiger partial charge in [-0.2, -0.15) is 0 Å². The molecular formula is C22H42O4. The summed E-state index contributed by atoms with van der Waals surface area (Å²) in [5.74, 6) is -0.112. The maximum atomic E-state index is 11.5. The van der Waals surface area contributed by atoms with Gasteiger partial charge in [0, 0.05) is 13.0 Å². The summed E-state index contributed by atoms with van der Waals surface area (Å²) >= 11 is 0. The van der Waals surface area contributed by atoms with Crippen molar-refractivity contribution in [2.75, 3.05) is 13.2 Å². The molecule has 0 saturated carbocycles. The molecule has 4 nitrogen and oxygen atoms in total. The van der Waals surface area contributed by atoms with Crippen molar-refractivity contribution in [3.63, 3.8) is 0 Å². The molecule has 4 heteroatoms. The second-order valence-corrected chi connectivity index (χ2v) is 7.17. The van der Waals surface area contributed by atoms with Crippen molar-refractivity contribution in [2.24, 2.45) is 0 Å². The number of esters is 1. The van der Waals surface area contributed by atoms with Gasteiger partial charge in [0.2, 0.25) is 0 Å². The van der Waals surface area contributed by atoms with Crippen LogP contribution in [-0.4, -0.2) is 35.5 Å². The number of allylic oxidation sites excluding steroid dienone is 1. The Morgan fingerprint density at radius 2 is 1.65 bits per heavy atom. The molecule has 26 heavy (non-hydrogen) atoms. The van der Waals surface area contributed by atoms with Gasteiger partial charge in [-0.3, -0.25) is 4.79 Å². The number of unbranched alkanes of at least 4 members (excludes halogenated alkanes) is 9. The molecule has 2 N–H and O–H groups in total. The molecule has 0 aliphatic rings. The van der Waals surface area contributed by atoms with E-state index in [0.29, 0.717) is 19.4 Å². The van der Waals surface area contributed by atoms with Gasteiger partial charge in [-0.05, 0) is 44.9 Å². The number of aliphatic hydroxyl groups is 2. The Morgan fingerprint density at radius 3 is 2.42 bits per heavy atom. The van der Waals surface area contributed by atoms with E-state index in [2.05, 4.69) is 19.1 Å². The molecule has 0 heterocycles. The molecule has 0 aliphatic carbocycles. The average Bonchev–Trinajstić information content (AvgIpc) is 2.64. The van der Waals surface area contributed by atoms with E-state index >= 15 is 0 Å². The molecule has 0 unspecified atom stereocenters. The van der Waals surface area contributed by atoms with Gasteiger partial charge < -0.3 is 14.9 Å². The second-order valence-electron chi connectivity index (χ2n) is 7.17. The second kappa shape index (κ2) is 20.4. The lowest BCUT2D eigenvalue weighted by atomic mass is 10.1. The summed E-state index contributed by atoms with van der Waals surface area (Å²) in [6, 6.07) is 0. The van der Waals surface area contributed by atoms with Crippen LogP contribution in [0.5, 0.6) is 0 Å². The van der Waals surface area contributed by atoms with Crippen molar-refractivity contribution < 1.29 is 19.7 Å². The Balaban J connectivity index is 3.30. The van der Waals surface area contributed by atoms with Crippen molar-refractivity contribution in [2.45, 2.75) is 109 Å². The van der Waals surface area contributed by atoms with Crippen LogP contribution in [0.1, 0.15) is 103 Å². The van der Waals surface area contributed by atoms with Gasteiger partial charge in [0.25, 0.3) is 0 Å². The summed E-state index contributed by atoms with van der Waals surface area (Å²) in [6.45, 7) is 2.79. The minimum Gasteiger partial charge on any atom is -0.466 e. The zero-order chi connectivity index (χ0) is 19.3. The molecular weight excluding hydrogens is 328 g/mol. The molecule has 1 atom stereocenters. The van der Waals surface area contributed by atoms with Crippen LogP contribution in [0.4, 0.5) is 0 Å². The maximum absolute atomic E-state index is 11.5. The number of hydrogen-bond acceptors (Lipinski definition) is 4. The van der Waals surface area contributed by atoms with Crippen molar-refractivity contribution in [1.29, 1.82) is 0 Å². The lowest BCUT2D eigenvalue weighted by Crippen LogP contribution is -2.06. The molecule has 0 amide bonds. The Kier molecular flexibility index (Phi) is 19.8. The fraction of sp³-hybridized carbons (Fsp3) is 0.864. The number of carbonyl (C=O) groups is 1. The zero-order valence-corrected chi connectivity index (χ0v) is 17.0. The van der Waals surface area contributed by atoms with Gasteiger partial charge in [-0.1, -0.05) is 64.0 Å². The van der Waals surface area contributed by atoms with Gasteiger partial charge in [0.1, 0.15) is 0 Å². The van der Waals surface area contributed by atoms with Crippen LogP contribution in [0.2, 0.25) is 0 Å². The van der Waals surface area contributed by atoms with E-state index in [4.69, 9.17) is 9.84 Å². The highest BCUT2D eigenvalue weighted by atomic mass is 16.5. The van der Waals surface area contributed by atoms with Gasteiger partial charge in [0.15, 0.2) is 0 Å². The Labute approximate surface area is 161 Å². The van der Waals surface area contributed by atoms with Crippen molar-refractivity contribution in [1.82, 2.24) is 0 Å². The number of ether oxygens (including phenoxy) is 1. The van der Waals surface area contributed by atoms with Gasteiger partial charge >= 0.3 is 5.97 Å². The number of carbonyl (C=O) groups excluding carboxylic acids is 1. The normalized spacial score (nSPS) is 12.6. The fourth-order valence-electron chi connectivity index (χ4n) is 2.83. The topological polar surface area (TPSA) is 66.8 Å². The summed E-state index contributed by atoms with van der Waals surface area (Å²) in [4.78, 5) is 11.5. The van der Waals surface area contributed by atoms with Crippen LogP contribution in [0.25, 0.3) is 0 Å². The monoisotopic (exact) mass is 370 g/mol. The third-order valence-corrected chi connectivity index (χ3v) is 4.53. The fourth-order valence-corrected chi connectivity index (χ4v) is 2.83. The predicted octanol–water partition coefficient (Wildman–Crippen LogP) is 5.31. The average molecular weight is 371 g/mol. The SMILES string of the molecule is CCCCCC[C@@H](O)C/C=C\CCCCCCCC(=O)OCCCCO. The molecule has 0 rings (SSSR count). The maximum Gasteiger partial charge on any atom is 0.305 e. The number of rotatable bonds is 19. The first kappa shape index (κ1) is 25.1. The van der Waals surface area contributed by atoms with Gasteiger partial charge in [-0.25, -0.2) is 0 Å². The van der Waals surface area contributed by atoms with Crippen LogP contribution < -0.4 is 0 Å². The molecule has 0 aromatic rings. The molecule has 154 valence electrons. The summed E-state index contributed by atoms with van der Waals surface area (Å²) in [5, 5.41) is 18.5. The Bertz CT molecular complexity index is 328. The standard InChI is InChI=1S/C22H42O4/c1-2-3-4-11-16-21(24)17-12-9-7-5-6-8-10-13-18-22(25)26-20-15-14-19-23/h9,12,21,23-24H,2-8,10-11,13-20H2,1H3/b12-9-/t21-/m1/s1. The summed E-state index contributed by atoms with van der Waals surface area (Å²) in [7, 11) is 0. The zero-order valence-electron chi connectivity index (χ0n) is 17.0. The molecule has 0 aliphatic heterocycles. The van der Waals surface area contributed by atoms with Crippen molar-refractivity contribution in [3.05, 3.63) is 12.2 Å². The Hall–Kier alpha value is -0.870. The third kappa shape index (κ3) is 19.5. The first-order valence-corrected chi connectivity index (χ1v) is 10.8. The van der Waals surface area contributed by atoms with Crippen LogP contribution >= 0.6 is 0 Å². The van der Waals surface area contributed by atoms with Gasteiger partial charge in [-0.15, -0.1) is 0 Å². The molecule has 0 spiro atoms. The predicted molar refractivity (Wildman–Crippen MR) is 108 cm³/mol. The minimum absolute atomic E-state index is 0.112. The first-order valence-electron chi connectivity index (χ1n) is 10.8. The highest BCUT2D eigenvalue weighted by Crippen LogP contribution is 2.10. The van der Waals surface area contributed by atoms with E-state index in [0.717, 1.165) is 51.4 Å². The van der Waals surface area contributed by atoms with Crippen LogP contribution in [0.15, 0.2) is 12.2 Å². The van der Waals surface area contributed by atoms with E-state index in [1.807, 2.05) is 0 Å². The minimum atomic E-state index is -0.175. The van der Waals surface area contributed by atoms with E-state index in [9.17, 15) is 9.90 Å². The smallest absolute Gasteiger partial charge is 0.305 e. The third-order valence-electron chi connectivity index (χ3n) is 4.53. The molecule has 0 bridgehead atoms. The van der Waals surface area contributed by atoms with Crippen LogP contribution in [0.3, 0.4) is 0 Å². The summed E-state index contributed by atoms with van der Waals surface area (Å²) in [5.41, 5.74) is 0. The highest BCUT2D eigenvalue weighted by Gasteiger charge is 2.02. The molecule has 0 aromatic heterocycles.